The molecule has 0 bridgehead atoms. The van der Waals surface area contributed by atoms with Gasteiger partial charge in [0.25, 0.3) is 0 Å². The van der Waals surface area contributed by atoms with Crippen molar-refractivity contribution in [3.63, 3.8) is 0 Å². The van der Waals surface area contributed by atoms with E-state index in [9.17, 15) is 14.3 Å². The highest BCUT2D eigenvalue weighted by Crippen LogP contribution is 2.21. The predicted molar refractivity (Wildman–Crippen MR) is 87.4 cm³/mol. The monoisotopic (exact) mass is 338 g/mol. The van der Waals surface area contributed by atoms with Gasteiger partial charge in [-0.05, 0) is 43.6 Å². The highest BCUT2D eigenvalue weighted by Gasteiger charge is 2.24. The third kappa shape index (κ3) is 4.93. The molecule has 1 saturated heterocycles. The van der Waals surface area contributed by atoms with E-state index in [1.807, 2.05) is 0 Å². The molecular formula is C17H20ClFN2O2. The van der Waals surface area contributed by atoms with Gasteiger partial charge < -0.3 is 10.4 Å². The van der Waals surface area contributed by atoms with Crippen molar-refractivity contribution in [2.45, 2.75) is 18.9 Å². The fraction of sp³-hybridized carbons (Fsp3) is 0.471. The van der Waals surface area contributed by atoms with Crippen LogP contribution in [0.3, 0.4) is 0 Å². The van der Waals surface area contributed by atoms with Gasteiger partial charge in [-0.15, -0.1) is 6.42 Å². The quantitative estimate of drug-likeness (QED) is 0.807. The third-order valence-electron chi connectivity index (χ3n) is 4.07. The van der Waals surface area contributed by atoms with E-state index in [4.69, 9.17) is 18.0 Å². The summed E-state index contributed by atoms with van der Waals surface area (Å²) in [5.41, 5.74) is 0.385. The summed E-state index contributed by atoms with van der Waals surface area (Å²) in [5, 5.41) is 12.8. The average Bonchev–Trinajstić information content (AvgIpc) is 2.56. The number of hydrogen-bond acceptors (Lipinski definition) is 3. The maximum Gasteiger partial charge on any atom is 0.223 e. The number of rotatable bonds is 5. The fourth-order valence-electron chi connectivity index (χ4n) is 2.66. The number of piperidine rings is 1. The van der Waals surface area contributed by atoms with Crippen LogP contribution in [-0.4, -0.2) is 42.1 Å². The Hall–Kier alpha value is -1.61. The summed E-state index contributed by atoms with van der Waals surface area (Å²) >= 11 is 5.61. The van der Waals surface area contributed by atoms with E-state index in [1.165, 1.54) is 12.1 Å². The Morgan fingerprint density at radius 3 is 2.83 bits per heavy atom. The first-order chi connectivity index (χ1) is 11.0. The van der Waals surface area contributed by atoms with Gasteiger partial charge >= 0.3 is 0 Å². The van der Waals surface area contributed by atoms with Crippen molar-refractivity contribution in [1.29, 1.82) is 0 Å². The SMILES string of the molecule is C#CCN1CCC(C(=O)NCC(O)c2ccc(Cl)c(F)c2)CC1. The minimum atomic E-state index is -0.966. The second kappa shape index (κ2) is 8.30. The Kier molecular flexibility index (Phi) is 6.40. The van der Waals surface area contributed by atoms with E-state index >= 15 is 0 Å². The first kappa shape index (κ1) is 17.7. The average molecular weight is 339 g/mol. The van der Waals surface area contributed by atoms with Crippen LogP contribution in [0.4, 0.5) is 4.39 Å². The van der Waals surface area contributed by atoms with Crippen LogP contribution in [0.25, 0.3) is 0 Å². The zero-order chi connectivity index (χ0) is 16.8. The zero-order valence-corrected chi connectivity index (χ0v) is 13.5. The summed E-state index contributed by atoms with van der Waals surface area (Å²) in [6.45, 7) is 2.25. The number of carbonyl (C=O) groups is 1. The van der Waals surface area contributed by atoms with Crippen LogP contribution in [-0.2, 0) is 4.79 Å². The number of likely N-dealkylation sites (tertiary alicyclic amines) is 1. The number of hydrogen-bond donors (Lipinski definition) is 2. The van der Waals surface area contributed by atoms with Crippen molar-refractivity contribution in [3.8, 4) is 12.3 Å². The van der Waals surface area contributed by atoms with Crippen molar-refractivity contribution in [1.82, 2.24) is 10.2 Å². The van der Waals surface area contributed by atoms with Gasteiger partial charge in [-0.3, -0.25) is 9.69 Å². The van der Waals surface area contributed by atoms with Crippen LogP contribution in [0.15, 0.2) is 18.2 Å². The number of carbonyl (C=O) groups excluding carboxylic acids is 1. The Morgan fingerprint density at radius 2 is 2.22 bits per heavy atom. The summed E-state index contributed by atoms with van der Waals surface area (Å²) in [5.74, 6) is 1.86. The summed E-state index contributed by atoms with van der Waals surface area (Å²) in [6.07, 6.45) is 5.81. The first-order valence-corrected chi connectivity index (χ1v) is 7.95. The summed E-state index contributed by atoms with van der Waals surface area (Å²) < 4.78 is 13.4. The Labute approximate surface area is 140 Å². The van der Waals surface area contributed by atoms with Gasteiger partial charge in [0.15, 0.2) is 0 Å². The summed E-state index contributed by atoms with van der Waals surface area (Å²) in [4.78, 5) is 14.3. The number of halogens is 2. The lowest BCUT2D eigenvalue weighted by Crippen LogP contribution is -2.41. The standard InChI is InChI=1S/C17H20ClFN2O2/c1-2-7-21-8-5-12(6-9-21)17(23)20-11-16(22)13-3-4-14(18)15(19)10-13/h1,3-4,10,12,16,22H,5-9,11H2,(H,20,23). The maximum absolute atomic E-state index is 13.4. The second-order valence-corrected chi connectivity index (χ2v) is 6.10. The van der Waals surface area contributed by atoms with E-state index < -0.39 is 11.9 Å². The topological polar surface area (TPSA) is 52.6 Å². The maximum atomic E-state index is 13.4. The number of amides is 1. The Balaban J connectivity index is 1.80. The molecule has 1 aliphatic heterocycles. The molecule has 23 heavy (non-hydrogen) atoms. The lowest BCUT2D eigenvalue weighted by atomic mass is 9.96. The number of nitrogens with zero attached hydrogens (tertiary/aromatic N) is 1. The summed E-state index contributed by atoms with van der Waals surface area (Å²) in [7, 11) is 0. The predicted octanol–water partition coefficient (Wildman–Crippen LogP) is 1.97. The van der Waals surface area contributed by atoms with Crippen LogP contribution in [0.5, 0.6) is 0 Å². The molecule has 1 unspecified atom stereocenters. The van der Waals surface area contributed by atoms with E-state index in [0.717, 1.165) is 25.9 Å². The van der Waals surface area contributed by atoms with E-state index in [2.05, 4.69) is 16.1 Å². The molecule has 1 heterocycles. The van der Waals surface area contributed by atoms with Gasteiger partial charge in [-0.1, -0.05) is 23.6 Å². The molecule has 1 aliphatic rings. The molecule has 0 aliphatic carbocycles. The molecule has 124 valence electrons. The van der Waals surface area contributed by atoms with Crippen LogP contribution < -0.4 is 5.32 Å². The Bertz CT molecular complexity index is 595. The van der Waals surface area contributed by atoms with Gasteiger partial charge in [0.05, 0.1) is 17.7 Å². The third-order valence-corrected chi connectivity index (χ3v) is 4.38. The minimum absolute atomic E-state index is 0.00344. The molecule has 6 heteroatoms. The molecule has 1 atom stereocenters. The van der Waals surface area contributed by atoms with Gasteiger partial charge in [-0.2, -0.15) is 0 Å². The largest absolute Gasteiger partial charge is 0.387 e. The molecule has 2 rings (SSSR count). The number of terminal acetylenes is 1. The first-order valence-electron chi connectivity index (χ1n) is 7.57. The van der Waals surface area contributed by atoms with Gasteiger partial charge in [0.1, 0.15) is 5.82 Å². The molecule has 0 radical (unpaired) electrons. The Morgan fingerprint density at radius 1 is 1.52 bits per heavy atom. The highest BCUT2D eigenvalue weighted by molar-refractivity contribution is 6.30. The lowest BCUT2D eigenvalue weighted by molar-refractivity contribution is -0.126. The minimum Gasteiger partial charge on any atom is -0.387 e. The van der Waals surface area contributed by atoms with E-state index in [-0.39, 0.29) is 23.4 Å². The zero-order valence-electron chi connectivity index (χ0n) is 12.8. The highest BCUT2D eigenvalue weighted by atomic mass is 35.5. The van der Waals surface area contributed by atoms with Gasteiger partial charge in [0, 0.05) is 12.5 Å². The molecule has 0 aromatic heterocycles. The fourth-order valence-corrected chi connectivity index (χ4v) is 2.78. The van der Waals surface area contributed by atoms with E-state index in [1.54, 1.807) is 6.07 Å². The lowest BCUT2D eigenvalue weighted by Gasteiger charge is -2.30. The van der Waals surface area contributed by atoms with Crippen molar-refractivity contribution in [2.24, 2.45) is 5.92 Å². The molecular weight excluding hydrogens is 319 g/mol. The molecule has 1 aromatic carbocycles. The van der Waals surface area contributed by atoms with Crippen molar-refractivity contribution in [3.05, 3.63) is 34.6 Å². The van der Waals surface area contributed by atoms with Crippen LogP contribution in [0.1, 0.15) is 24.5 Å². The molecule has 1 amide bonds. The van der Waals surface area contributed by atoms with Gasteiger partial charge in [0.2, 0.25) is 5.91 Å². The van der Waals surface area contributed by atoms with Gasteiger partial charge in [-0.25, -0.2) is 4.39 Å². The second-order valence-electron chi connectivity index (χ2n) is 5.69. The molecule has 0 spiro atoms. The molecule has 1 aromatic rings. The van der Waals surface area contributed by atoms with Crippen molar-refractivity contribution in [2.75, 3.05) is 26.2 Å². The summed E-state index contributed by atoms with van der Waals surface area (Å²) in [6, 6.07) is 4.11. The van der Waals surface area contributed by atoms with Crippen LogP contribution in [0, 0.1) is 24.1 Å². The van der Waals surface area contributed by atoms with Crippen LogP contribution >= 0.6 is 11.6 Å². The molecule has 0 saturated carbocycles. The van der Waals surface area contributed by atoms with Crippen LogP contribution in [0.2, 0.25) is 5.02 Å². The molecule has 4 nitrogen and oxygen atoms in total. The molecule has 2 N–H and O–H groups in total. The number of aliphatic hydroxyl groups is 1. The number of aliphatic hydroxyl groups excluding tert-OH is 1. The smallest absolute Gasteiger partial charge is 0.223 e. The van der Waals surface area contributed by atoms with E-state index in [0.29, 0.717) is 12.1 Å². The molecule has 1 fully saturated rings. The van der Waals surface area contributed by atoms with Crippen molar-refractivity contribution >= 4 is 17.5 Å². The number of nitrogens with one attached hydrogen (secondary N) is 1. The van der Waals surface area contributed by atoms with Crippen molar-refractivity contribution < 1.29 is 14.3 Å². The normalized spacial score (nSPS) is 17.5. The number of benzene rings is 1.